The molecule has 0 saturated carbocycles. The molecule has 6 rings (SSSR count). The zero-order valence-electron chi connectivity index (χ0n) is 22.4. The maximum absolute atomic E-state index is 15.3. The topological polar surface area (TPSA) is 123 Å². The first-order valence-corrected chi connectivity index (χ1v) is 15.6. The minimum absolute atomic E-state index is 0.0357. The summed E-state index contributed by atoms with van der Waals surface area (Å²) in [6.45, 7) is 3.05. The number of pyridine rings is 2. The second kappa shape index (κ2) is 10.6. The third-order valence-electron chi connectivity index (χ3n) is 7.18. The Labute approximate surface area is 238 Å². The van der Waals surface area contributed by atoms with E-state index in [4.69, 9.17) is 4.74 Å². The first-order valence-electron chi connectivity index (χ1n) is 13.2. The van der Waals surface area contributed by atoms with E-state index in [1.54, 1.807) is 19.1 Å². The first kappa shape index (κ1) is 27.4. The van der Waals surface area contributed by atoms with E-state index >= 15 is 4.39 Å². The average Bonchev–Trinajstić information content (AvgIpc) is 3.62. The van der Waals surface area contributed by atoms with Gasteiger partial charge < -0.3 is 9.64 Å². The summed E-state index contributed by atoms with van der Waals surface area (Å²) in [6, 6.07) is 3.58. The molecule has 1 saturated heterocycles. The van der Waals surface area contributed by atoms with Crippen LogP contribution in [0.2, 0.25) is 0 Å². The Kier molecular flexibility index (Phi) is 7.09. The minimum Gasteiger partial charge on any atom is -0.482 e. The molecule has 0 radical (unpaired) electrons. The van der Waals surface area contributed by atoms with Crippen LogP contribution in [0.5, 0.6) is 5.75 Å². The number of ether oxygens (including phenoxy) is 1. The van der Waals surface area contributed by atoms with E-state index < -0.39 is 34.5 Å². The normalized spacial score (nSPS) is 18.2. The van der Waals surface area contributed by atoms with Crippen molar-refractivity contribution in [3.05, 3.63) is 63.6 Å². The molecular formula is C26H27F2N7O4S2. The number of aryl methyl sites for hydroxylation is 2. The molecule has 1 fully saturated rings. The van der Waals surface area contributed by atoms with Gasteiger partial charge in [-0.15, -0.1) is 0 Å². The number of rotatable bonds is 7. The molecule has 0 aromatic carbocycles. The number of amides is 1. The Morgan fingerprint density at radius 2 is 2.07 bits per heavy atom. The van der Waals surface area contributed by atoms with Gasteiger partial charge in [-0.05, 0) is 43.5 Å². The lowest BCUT2D eigenvalue weighted by Crippen LogP contribution is -2.44. The van der Waals surface area contributed by atoms with Crippen LogP contribution in [-0.4, -0.2) is 69.2 Å². The first-order chi connectivity index (χ1) is 19.7. The molecule has 4 aromatic rings. The molecule has 11 nitrogen and oxygen atoms in total. The van der Waals surface area contributed by atoms with Crippen molar-refractivity contribution in [3.8, 4) is 5.75 Å². The van der Waals surface area contributed by atoms with Gasteiger partial charge in [-0.2, -0.15) is 5.10 Å². The number of hydrogen-bond donors (Lipinski definition) is 0. The Balaban J connectivity index is 1.30. The van der Waals surface area contributed by atoms with E-state index in [0.717, 1.165) is 11.3 Å². The molecule has 2 aliphatic heterocycles. The van der Waals surface area contributed by atoms with Crippen molar-refractivity contribution in [2.24, 2.45) is 0 Å². The van der Waals surface area contributed by atoms with Crippen LogP contribution in [0.1, 0.15) is 52.7 Å². The summed E-state index contributed by atoms with van der Waals surface area (Å²) >= 11 is 1.10. The van der Waals surface area contributed by atoms with E-state index in [1.165, 1.54) is 26.0 Å². The highest BCUT2D eigenvalue weighted by molar-refractivity contribution is 7.93. The van der Waals surface area contributed by atoms with Crippen LogP contribution in [0.15, 0.2) is 24.4 Å². The SMILES string of the molecule is CCc1nc(N2CCCS2(=O)=O)ccc1OCC(=O)N1CCc2nc3sc(CF)nn3c2C1c1ncc(C)cc1F. The molecule has 4 aromatic heterocycles. The zero-order chi connectivity index (χ0) is 28.9. The summed E-state index contributed by atoms with van der Waals surface area (Å²) in [7, 11) is -3.39. The third-order valence-corrected chi connectivity index (χ3v) is 9.89. The highest BCUT2D eigenvalue weighted by Gasteiger charge is 2.39. The Bertz CT molecular complexity index is 1760. The van der Waals surface area contributed by atoms with Crippen LogP contribution in [0.3, 0.4) is 0 Å². The van der Waals surface area contributed by atoms with Crippen LogP contribution >= 0.6 is 11.3 Å². The van der Waals surface area contributed by atoms with E-state index in [0.29, 0.717) is 65.0 Å². The minimum atomic E-state index is -3.39. The maximum Gasteiger partial charge on any atom is 0.261 e. The zero-order valence-corrected chi connectivity index (χ0v) is 24.0. The van der Waals surface area contributed by atoms with Crippen LogP contribution in [0.4, 0.5) is 14.6 Å². The molecule has 0 spiro atoms. The molecular weight excluding hydrogens is 576 g/mol. The lowest BCUT2D eigenvalue weighted by atomic mass is 9.98. The largest absolute Gasteiger partial charge is 0.482 e. The predicted octanol–water partition coefficient (Wildman–Crippen LogP) is 3.15. The monoisotopic (exact) mass is 603 g/mol. The second-order valence-electron chi connectivity index (χ2n) is 9.89. The summed E-state index contributed by atoms with van der Waals surface area (Å²) in [6.07, 6.45) is 2.91. The van der Waals surface area contributed by atoms with Gasteiger partial charge in [-0.1, -0.05) is 18.3 Å². The molecule has 1 unspecified atom stereocenters. The van der Waals surface area contributed by atoms with Crippen molar-refractivity contribution in [2.45, 2.75) is 45.8 Å². The molecule has 1 amide bonds. The fourth-order valence-electron chi connectivity index (χ4n) is 5.27. The number of imidazole rings is 1. The Morgan fingerprint density at radius 3 is 2.78 bits per heavy atom. The highest BCUT2D eigenvalue weighted by atomic mass is 32.2. The molecule has 2 aliphatic rings. The summed E-state index contributed by atoms with van der Waals surface area (Å²) in [5.74, 6) is -0.247. The number of fused-ring (bicyclic) bond motifs is 3. The van der Waals surface area contributed by atoms with Gasteiger partial charge in [0, 0.05) is 25.7 Å². The van der Waals surface area contributed by atoms with Crippen molar-refractivity contribution < 1.29 is 26.7 Å². The molecule has 41 heavy (non-hydrogen) atoms. The quantitative estimate of drug-likeness (QED) is 0.316. The predicted molar refractivity (Wildman–Crippen MR) is 147 cm³/mol. The van der Waals surface area contributed by atoms with Crippen LogP contribution in [0, 0.1) is 12.7 Å². The van der Waals surface area contributed by atoms with Gasteiger partial charge in [0.05, 0.1) is 22.8 Å². The van der Waals surface area contributed by atoms with E-state index in [9.17, 15) is 17.6 Å². The van der Waals surface area contributed by atoms with Gasteiger partial charge in [-0.3, -0.25) is 14.1 Å². The summed E-state index contributed by atoms with van der Waals surface area (Å²) < 4.78 is 62.1. The van der Waals surface area contributed by atoms with Crippen LogP contribution in [0.25, 0.3) is 4.96 Å². The van der Waals surface area contributed by atoms with Crippen molar-refractivity contribution in [1.82, 2.24) is 29.5 Å². The van der Waals surface area contributed by atoms with Crippen molar-refractivity contribution in [1.29, 1.82) is 0 Å². The van der Waals surface area contributed by atoms with Crippen molar-refractivity contribution in [2.75, 3.05) is 29.8 Å². The van der Waals surface area contributed by atoms with E-state index in [2.05, 4.69) is 20.1 Å². The number of nitrogens with zero attached hydrogens (tertiary/aromatic N) is 7. The number of carbonyl (C=O) groups excluding carboxylic acids is 1. The average molecular weight is 604 g/mol. The smallest absolute Gasteiger partial charge is 0.261 e. The van der Waals surface area contributed by atoms with Crippen LogP contribution in [-0.2, 0) is 34.3 Å². The van der Waals surface area contributed by atoms with Gasteiger partial charge in [0.1, 0.15) is 40.8 Å². The molecule has 216 valence electrons. The fraction of sp³-hybridized carbons (Fsp3) is 0.423. The molecule has 0 N–H and O–H groups in total. The maximum atomic E-state index is 15.3. The summed E-state index contributed by atoms with van der Waals surface area (Å²) in [5.41, 5.74) is 2.29. The van der Waals surface area contributed by atoms with E-state index in [1.807, 2.05) is 6.92 Å². The van der Waals surface area contributed by atoms with Gasteiger partial charge in [-0.25, -0.2) is 31.7 Å². The van der Waals surface area contributed by atoms with Crippen molar-refractivity contribution >= 4 is 38.0 Å². The lowest BCUT2D eigenvalue weighted by Gasteiger charge is -2.35. The Morgan fingerprint density at radius 1 is 1.24 bits per heavy atom. The fourth-order valence-corrected chi connectivity index (χ4v) is 7.55. The number of hydrogen-bond acceptors (Lipinski definition) is 9. The molecule has 1 atom stereocenters. The molecule has 6 heterocycles. The van der Waals surface area contributed by atoms with Crippen molar-refractivity contribution in [3.63, 3.8) is 0 Å². The number of sulfonamides is 1. The molecule has 0 bridgehead atoms. The Hall–Kier alpha value is -3.72. The lowest BCUT2D eigenvalue weighted by molar-refractivity contribution is -0.135. The van der Waals surface area contributed by atoms with Gasteiger partial charge >= 0.3 is 0 Å². The molecule has 15 heteroatoms. The summed E-state index contributed by atoms with van der Waals surface area (Å²) in [5, 5.41) is 4.54. The summed E-state index contributed by atoms with van der Waals surface area (Å²) in [4.78, 5) is 29.0. The van der Waals surface area contributed by atoms with Crippen LogP contribution < -0.4 is 9.04 Å². The standard InChI is InChI=1S/C26H27F2N7O4S2/c1-3-17-19(5-6-20(30-17)34-8-4-10-41(34,37)38)39-14-22(36)33-9-7-18-24(35-26(31-18)40-21(12-27)32-35)25(33)23-16(28)11-15(2)13-29-23/h5-6,11,13,25H,3-4,7-10,12,14H2,1-2H3. The second-order valence-corrected chi connectivity index (χ2v) is 12.9. The third kappa shape index (κ3) is 4.90. The highest BCUT2D eigenvalue weighted by Crippen LogP contribution is 2.37. The van der Waals surface area contributed by atoms with E-state index in [-0.39, 0.29) is 29.6 Å². The number of aromatic nitrogens is 5. The van der Waals surface area contributed by atoms with Gasteiger partial charge in [0.2, 0.25) is 15.0 Å². The number of carbonyl (C=O) groups is 1. The van der Waals surface area contributed by atoms with Gasteiger partial charge in [0.15, 0.2) is 6.61 Å². The molecule has 0 aliphatic carbocycles. The number of halogens is 2. The van der Waals surface area contributed by atoms with Gasteiger partial charge in [0.25, 0.3) is 5.91 Å². The number of anilines is 1. The number of alkyl halides is 1.